The summed E-state index contributed by atoms with van der Waals surface area (Å²) in [6.45, 7) is 3.21. The first kappa shape index (κ1) is 35.8. The summed E-state index contributed by atoms with van der Waals surface area (Å²) in [6, 6.07) is 25.0. The van der Waals surface area contributed by atoms with Gasteiger partial charge in [0.1, 0.15) is 5.69 Å². The van der Waals surface area contributed by atoms with Crippen LogP contribution in [-0.4, -0.2) is 26.0 Å². The fourth-order valence-electron chi connectivity index (χ4n) is 3.56. The van der Waals surface area contributed by atoms with E-state index < -0.39 is 29.4 Å². The van der Waals surface area contributed by atoms with Crippen molar-refractivity contribution in [2.24, 2.45) is 0 Å². The zero-order valence-corrected chi connectivity index (χ0v) is 25.4. The zero-order chi connectivity index (χ0) is 31.6. The molecule has 0 unspecified atom stereocenters. The number of alkyl halides is 6. The number of carbonyl (C=O) groups is 1. The molecule has 5 aromatic rings. The molecule has 3 aromatic heterocycles. The van der Waals surface area contributed by atoms with Crippen LogP contribution < -0.4 is 0 Å². The number of pyridine rings is 3. The summed E-state index contributed by atoms with van der Waals surface area (Å²) in [6.07, 6.45) is -4.19. The first-order valence-corrected chi connectivity index (χ1v) is 12.4. The average molecular weight is 788 g/mol. The van der Waals surface area contributed by atoms with Crippen LogP contribution in [0.1, 0.15) is 32.7 Å². The van der Waals surface area contributed by atoms with E-state index in [-0.39, 0.29) is 25.8 Å². The van der Waals surface area contributed by atoms with Crippen molar-refractivity contribution in [1.29, 1.82) is 0 Å². The number of carboxylic acids is 1. The molecule has 0 spiro atoms. The Morgan fingerprint density at radius 1 is 0.682 bits per heavy atom. The normalized spacial score (nSPS) is 10.7. The molecule has 0 aliphatic carbocycles. The van der Waals surface area contributed by atoms with Crippen LogP contribution in [0.4, 0.5) is 26.3 Å². The van der Waals surface area contributed by atoms with Crippen LogP contribution in [0.2, 0.25) is 0 Å². The number of carboxylic acid groups (broad SMARTS) is 1. The van der Waals surface area contributed by atoms with Crippen molar-refractivity contribution in [3.05, 3.63) is 138 Å². The Morgan fingerprint density at radius 3 is 1.61 bits per heavy atom. The van der Waals surface area contributed by atoms with Crippen molar-refractivity contribution in [1.82, 2.24) is 15.0 Å². The number of nitrogens with zero attached hydrogens (tertiary/aromatic N) is 3. The van der Waals surface area contributed by atoms with Crippen LogP contribution in [0.15, 0.2) is 97.5 Å². The number of benzene rings is 2. The number of aromatic nitrogens is 3. The quantitative estimate of drug-likeness (QED) is 0.147. The molecule has 0 saturated carbocycles. The molecule has 0 saturated heterocycles. The molecule has 0 amide bonds. The first-order chi connectivity index (χ1) is 20.2. The van der Waals surface area contributed by atoms with Gasteiger partial charge in [-0.2, -0.15) is 26.3 Å². The minimum absolute atomic E-state index is 0. The predicted octanol–water partition coefficient (Wildman–Crippen LogP) is 8.53. The minimum Gasteiger partial charge on any atom is -0.477 e. The van der Waals surface area contributed by atoms with Crippen LogP contribution in [0.25, 0.3) is 22.5 Å². The molecule has 5 nitrogen and oxygen atoms in total. The third kappa shape index (κ3) is 11.0. The Morgan fingerprint density at radius 2 is 1.20 bits per heavy atom. The smallest absolute Gasteiger partial charge is 0.399 e. The van der Waals surface area contributed by atoms with Crippen LogP contribution >= 0.6 is 0 Å². The molecule has 0 atom stereocenters. The molecule has 0 bridgehead atoms. The molecule has 231 valence electrons. The van der Waals surface area contributed by atoms with Gasteiger partial charge in [0.25, 0.3) is 0 Å². The molecule has 1 radical (unpaired) electrons. The van der Waals surface area contributed by atoms with Gasteiger partial charge >= 0.3 is 18.3 Å². The Kier molecular flexibility index (Phi) is 12.9. The molecule has 1 N–H and O–H groups in total. The molecule has 44 heavy (non-hydrogen) atoms. The second-order valence-electron chi connectivity index (χ2n) is 8.90. The van der Waals surface area contributed by atoms with Gasteiger partial charge in [-0.25, -0.2) is 9.78 Å². The number of aryl methyl sites for hydroxylation is 2. The standard InChI is InChI=1S/2C13H9F3N.C6H5NO2.Ir/c2*1-9-6-10(12-4-2-3-5-17-12)8-11(7-9)13(14,15)16;8-6(9)5-3-1-2-4-7-5;/h2-5,7-8H,1H3;2-7H,1H3;1-4H,(H,8,9);/q2*-1;;. The van der Waals surface area contributed by atoms with E-state index in [1.165, 1.54) is 12.3 Å². The predicted molar refractivity (Wildman–Crippen MR) is 148 cm³/mol. The summed E-state index contributed by atoms with van der Waals surface area (Å²) in [5.74, 6) is -0.990. The minimum atomic E-state index is -4.38. The fourth-order valence-corrected chi connectivity index (χ4v) is 3.56. The van der Waals surface area contributed by atoms with Crippen LogP contribution in [-0.2, 0) is 32.5 Å². The first-order valence-electron chi connectivity index (χ1n) is 12.4. The third-order valence-corrected chi connectivity index (χ3v) is 5.42. The number of rotatable bonds is 3. The summed E-state index contributed by atoms with van der Waals surface area (Å²) in [5, 5.41) is 8.32. The Balaban J connectivity index is 0.000000239. The largest absolute Gasteiger partial charge is 0.477 e. The number of hydrogen-bond acceptors (Lipinski definition) is 4. The second-order valence-corrected chi connectivity index (χ2v) is 8.90. The van der Waals surface area contributed by atoms with Crippen molar-refractivity contribution in [2.75, 3.05) is 0 Å². The van der Waals surface area contributed by atoms with Crippen molar-refractivity contribution in [2.45, 2.75) is 26.2 Å². The second kappa shape index (κ2) is 15.9. The number of halogens is 6. The van der Waals surface area contributed by atoms with Crippen LogP contribution in [0.5, 0.6) is 0 Å². The maximum atomic E-state index is 12.6. The summed E-state index contributed by atoms with van der Waals surface area (Å²) in [5.41, 5.74) is 1.32. The van der Waals surface area contributed by atoms with Gasteiger partial charge in [-0.15, -0.1) is 58.7 Å². The van der Waals surface area contributed by atoms with Crippen molar-refractivity contribution < 1.29 is 56.3 Å². The van der Waals surface area contributed by atoms with E-state index in [0.29, 0.717) is 33.6 Å². The Hall–Kier alpha value is -4.41. The van der Waals surface area contributed by atoms with Crippen molar-refractivity contribution >= 4 is 5.97 Å². The van der Waals surface area contributed by atoms with E-state index in [4.69, 9.17) is 5.11 Å². The van der Waals surface area contributed by atoms with Gasteiger partial charge in [0, 0.05) is 38.7 Å². The average Bonchev–Trinajstić information content (AvgIpc) is 2.98. The number of hydrogen-bond donors (Lipinski definition) is 1. The molecule has 3 heterocycles. The van der Waals surface area contributed by atoms with E-state index in [2.05, 4.69) is 27.1 Å². The van der Waals surface area contributed by atoms with E-state index in [1.54, 1.807) is 80.8 Å². The van der Waals surface area contributed by atoms with Gasteiger partial charge in [0.05, 0.1) is 0 Å². The monoisotopic (exact) mass is 788 g/mol. The molecule has 0 aliphatic heterocycles. The maximum absolute atomic E-state index is 12.6. The van der Waals surface area contributed by atoms with E-state index >= 15 is 0 Å². The summed E-state index contributed by atoms with van der Waals surface area (Å²) in [7, 11) is 0. The van der Waals surface area contributed by atoms with E-state index in [9.17, 15) is 31.1 Å². The van der Waals surface area contributed by atoms with Gasteiger partial charge in [-0.05, 0) is 46.8 Å². The van der Waals surface area contributed by atoms with Crippen LogP contribution in [0, 0.1) is 26.0 Å². The maximum Gasteiger partial charge on any atom is 0.399 e. The topological polar surface area (TPSA) is 76.0 Å². The van der Waals surface area contributed by atoms with E-state index in [1.807, 2.05) is 0 Å². The fraction of sp³-hybridized carbons (Fsp3) is 0.125. The zero-order valence-electron chi connectivity index (χ0n) is 23.0. The molecular formula is C32H23F6IrN3O2-2. The Labute approximate surface area is 263 Å². The summed E-state index contributed by atoms with van der Waals surface area (Å²) >= 11 is 0. The van der Waals surface area contributed by atoms with E-state index in [0.717, 1.165) is 18.2 Å². The van der Waals surface area contributed by atoms with Crippen molar-refractivity contribution in [3.63, 3.8) is 0 Å². The molecule has 0 aliphatic rings. The number of aromatic carboxylic acids is 1. The van der Waals surface area contributed by atoms with Crippen molar-refractivity contribution in [3.8, 4) is 22.5 Å². The summed E-state index contributed by atoms with van der Waals surface area (Å²) in [4.78, 5) is 21.7. The van der Waals surface area contributed by atoms with Crippen LogP contribution in [0.3, 0.4) is 0 Å². The molecule has 5 rings (SSSR count). The molecule has 0 fully saturated rings. The van der Waals surface area contributed by atoms with Gasteiger partial charge in [0.2, 0.25) is 0 Å². The van der Waals surface area contributed by atoms with Gasteiger partial charge in [-0.1, -0.05) is 44.2 Å². The van der Waals surface area contributed by atoms with Gasteiger partial charge in [-0.3, -0.25) is 0 Å². The summed E-state index contributed by atoms with van der Waals surface area (Å²) < 4.78 is 75.7. The van der Waals surface area contributed by atoms with Gasteiger partial charge in [0.15, 0.2) is 0 Å². The molecule has 2 aromatic carbocycles. The Bertz CT molecular complexity index is 1530. The molecule has 12 heteroatoms. The molecular weight excluding hydrogens is 765 g/mol. The van der Waals surface area contributed by atoms with Gasteiger partial charge < -0.3 is 15.1 Å². The third-order valence-electron chi connectivity index (χ3n) is 5.42. The SMILES string of the molecule is Cc1[c-]c(-c2ccccn2)cc(C(F)(F)F)c1.Cc1cc(-c2ccccn2)[c-]c(C(F)(F)F)c1.O=C(O)c1ccccn1.[Ir].